The summed E-state index contributed by atoms with van der Waals surface area (Å²) in [5, 5.41) is 2.94. The lowest BCUT2D eigenvalue weighted by Crippen LogP contribution is -2.53. The molecule has 0 spiro atoms. The maximum Gasteiger partial charge on any atom is 0.264 e. The van der Waals surface area contributed by atoms with E-state index in [1.54, 1.807) is 43.3 Å². The molecule has 1 aliphatic rings. The van der Waals surface area contributed by atoms with E-state index in [0.717, 1.165) is 16.3 Å². The highest BCUT2D eigenvalue weighted by atomic mass is 32.2. The van der Waals surface area contributed by atoms with Crippen LogP contribution in [0.5, 0.6) is 11.5 Å². The first-order chi connectivity index (χ1) is 19.7. The van der Waals surface area contributed by atoms with E-state index in [1.165, 1.54) is 17.0 Å². The fraction of sp³-hybridized carbons (Fsp3) is 0.355. The minimum Gasteiger partial charge on any atom is -0.486 e. The highest BCUT2D eigenvalue weighted by molar-refractivity contribution is 7.92. The number of fused-ring (bicyclic) bond motifs is 1. The molecule has 1 aliphatic heterocycles. The van der Waals surface area contributed by atoms with Crippen LogP contribution in [0.15, 0.2) is 83.8 Å². The number of hydrogen-bond acceptors (Lipinski definition) is 6. The number of amides is 2. The monoisotopic (exact) mass is 579 g/mol. The van der Waals surface area contributed by atoms with Gasteiger partial charge >= 0.3 is 0 Å². The SMILES string of the molecule is CC[C@H](C)NC(=O)[C@@H](C)N(CCc1ccccc1)C(=O)CN(c1ccc2c(c1)OCCO2)S(=O)(=O)c1ccccc1. The van der Waals surface area contributed by atoms with Crippen molar-refractivity contribution in [3.63, 3.8) is 0 Å². The Morgan fingerprint density at radius 1 is 0.902 bits per heavy atom. The summed E-state index contributed by atoms with van der Waals surface area (Å²) in [6, 6.07) is 21.5. The third kappa shape index (κ3) is 7.38. The van der Waals surface area contributed by atoms with Crippen molar-refractivity contribution in [3.8, 4) is 11.5 Å². The molecule has 2 atom stereocenters. The van der Waals surface area contributed by atoms with E-state index in [1.807, 2.05) is 44.2 Å². The van der Waals surface area contributed by atoms with Crippen molar-refractivity contribution in [1.29, 1.82) is 0 Å². The molecule has 2 amide bonds. The van der Waals surface area contributed by atoms with Crippen LogP contribution in [-0.4, -0.2) is 63.5 Å². The van der Waals surface area contributed by atoms with Crippen LogP contribution in [0.1, 0.15) is 32.8 Å². The summed E-state index contributed by atoms with van der Waals surface area (Å²) in [5.74, 6) is 0.111. The molecule has 0 aromatic heterocycles. The zero-order valence-corrected chi connectivity index (χ0v) is 24.5. The van der Waals surface area contributed by atoms with Gasteiger partial charge in [0, 0.05) is 18.7 Å². The minimum atomic E-state index is -4.16. The second kappa shape index (κ2) is 13.5. The quantitative estimate of drug-likeness (QED) is 0.348. The number of carbonyl (C=O) groups is 2. The van der Waals surface area contributed by atoms with Crippen LogP contribution in [0, 0.1) is 0 Å². The van der Waals surface area contributed by atoms with Gasteiger partial charge < -0.3 is 19.7 Å². The van der Waals surface area contributed by atoms with Crippen LogP contribution in [0.2, 0.25) is 0 Å². The standard InChI is InChI=1S/C31H37N3O6S/c1-4-23(2)32-31(36)24(3)33(18-17-25-11-7-5-8-12-25)30(35)22-34(41(37,38)27-13-9-6-10-14-27)26-15-16-28-29(21-26)40-20-19-39-28/h5-16,21,23-24H,4,17-20,22H2,1-3H3,(H,32,36)/t23-,24+/m0/s1. The van der Waals surface area contributed by atoms with Crippen molar-refractivity contribution in [2.24, 2.45) is 0 Å². The Balaban J connectivity index is 1.68. The first-order valence-electron chi connectivity index (χ1n) is 13.8. The van der Waals surface area contributed by atoms with Gasteiger partial charge in [0.1, 0.15) is 25.8 Å². The molecule has 0 saturated heterocycles. The predicted molar refractivity (Wildman–Crippen MR) is 158 cm³/mol. The summed E-state index contributed by atoms with van der Waals surface area (Å²) < 4.78 is 40.2. The average molecular weight is 580 g/mol. The summed E-state index contributed by atoms with van der Waals surface area (Å²) in [7, 11) is -4.16. The molecule has 0 bridgehead atoms. The van der Waals surface area contributed by atoms with Gasteiger partial charge in [0.2, 0.25) is 11.8 Å². The molecular formula is C31H37N3O6S. The van der Waals surface area contributed by atoms with Gasteiger partial charge in [-0.25, -0.2) is 8.42 Å². The summed E-state index contributed by atoms with van der Waals surface area (Å²) in [6.07, 6.45) is 1.24. The van der Waals surface area contributed by atoms with Gasteiger partial charge in [0.15, 0.2) is 11.5 Å². The van der Waals surface area contributed by atoms with E-state index >= 15 is 0 Å². The lowest BCUT2D eigenvalue weighted by molar-refractivity contribution is -0.139. The summed E-state index contributed by atoms with van der Waals surface area (Å²) in [5.41, 5.74) is 1.26. The Hall–Kier alpha value is -4.05. The third-order valence-corrected chi connectivity index (χ3v) is 8.86. The van der Waals surface area contributed by atoms with Gasteiger partial charge in [-0.15, -0.1) is 0 Å². The maximum absolute atomic E-state index is 14.0. The minimum absolute atomic E-state index is 0.0427. The molecule has 10 heteroatoms. The van der Waals surface area contributed by atoms with Gasteiger partial charge in [0.25, 0.3) is 10.0 Å². The number of sulfonamides is 1. The Morgan fingerprint density at radius 3 is 2.20 bits per heavy atom. The number of anilines is 1. The Morgan fingerprint density at radius 2 is 1.54 bits per heavy atom. The van der Waals surface area contributed by atoms with E-state index in [0.29, 0.717) is 31.1 Å². The zero-order chi connectivity index (χ0) is 29.4. The molecule has 3 aromatic carbocycles. The van der Waals surface area contributed by atoms with Gasteiger partial charge in [0.05, 0.1) is 10.6 Å². The fourth-order valence-electron chi connectivity index (χ4n) is 4.47. The van der Waals surface area contributed by atoms with E-state index < -0.39 is 28.5 Å². The van der Waals surface area contributed by atoms with E-state index in [4.69, 9.17) is 9.47 Å². The average Bonchev–Trinajstić information content (AvgIpc) is 3.00. The number of ether oxygens (including phenoxy) is 2. The highest BCUT2D eigenvalue weighted by Crippen LogP contribution is 2.35. The van der Waals surface area contributed by atoms with Crippen molar-refractivity contribution < 1.29 is 27.5 Å². The predicted octanol–water partition coefficient (Wildman–Crippen LogP) is 4.03. The van der Waals surface area contributed by atoms with Crippen LogP contribution in [0.4, 0.5) is 5.69 Å². The highest BCUT2D eigenvalue weighted by Gasteiger charge is 2.33. The van der Waals surface area contributed by atoms with Gasteiger partial charge in [-0.2, -0.15) is 0 Å². The Labute approximate surface area is 242 Å². The normalized spacial score (nSPS) is 14.0. The Bertz CT molecular complexity index is 1430. The number of benzene rings is 3. The molecule has 4 rings (SSSR count). The lowest BCUT2D eigenvalue weighted by atomic mass is 10.1. The van der Waals surface area contributed by atoms with Crippen LogP contribution in [0.25, 0.3) is 0 Å². The van der Waals surface area contributed by atoms with Crippen molar-refractivity contribution in [1.82, 2.24) is 10.2 Å². The van der Waals surface area contributed by atoms with Gasteiger partial charge in [-0.1, -0.05) is 55.5 Å². The van der Waals surface area contributed by atoms with Crippen molar-refractivity contribution in [3.05, 3.63) is 84.4 Å². The van der Waals surface area contributed by atoms with Crippen LogP contribution in [-0.2, 0) is 26.0 Å². The topological polar surface area (TPSA) is 105 Å². The molecule has 3 aromatic rings. The number of hydrogen-bond donors (Lipinski definition) is 1. The van der Waals surface area contributed by atoms with Crippen molar-refractivity contribution in [2.75, 3.05) is 30.6 Å². The lowest BCUT2D eigenvalue weighted by Gasteiger charge is -2.32. The molecule has 0 radical (unpaired) electrons. The first kappa shape index (κ1) is 29.9. The van der Waals surface area contributed by atoms with Crippen LogP contribution in [0.3, 0.4) is 0 Å². The Kier molecular flexibility index (Phi) is 9.88. The molecule has 0 aliphatic carbocycles. The molecule has 9 nitrogen and oxygen atoms in total. The van der Waals surface area contributed by atoms with Gasteiger partial charge in [-0.3, -0.25) is 13.9 Å². The molecule has 1 N–H and O–H groups in total. The maximum atomic E-state index is 14.0. The van der Waals surface area contributed by atoms with E-state index in [2.05, 4.69) is 5.32 Å². The zero-order valence-electron chi connectivity index (χ0n) is 23.7. The molecule has 0 fully saturated rings. The molecular weight excluding hydrogens is 542 g/mol. The van der Waals surface area contributed by atoms with E-state index in [-0.39, 0.29) is 29.1 Å². The largest absolute Gasteiger partial charge is 0.486 e. The number of carbonyl (C=O) groups excluding carboxylic acids is 2. The first-order valence-corrected chi connectivity index (χ1v) is 15.3. The molecule has 218 valence electrons. The number of nitrogens with one attached hydrogen (secondary N) is 1. The van der Waals surface area contributed by atoms with Crippen LogP contribution >= 0.6 is 0 Å². The second-order valence-electron chi connectivity index (χ2n) is 9.97. The smallest absolute Gasteiger partial charge is 0.264 e. The van der Waals surface area contributed by atoms with Crippen molar-refractivity contribution >= 4 is 27.5 Å². The third-order valence-electron chi connectivity index (χ3n) is 7.08. The summed E-state index contributed by atoms with van der Waals surface area (Å²) >= 11 is 0. The summed E-state index contributed by atoms with van der Waals surface area (Å²) in [6.45, 7) is 5.98. The number of nitrogens with zero attached hydrogens (tertiary/aromatic N) is 2. The molecule has 0 saturated carbocycles. The van der Waals surface area contributed by atoms with E-state index in [9.17, 15) is 18.0 Å². The van der Waals surface area contributed by atoms with Gasteiger partial charge in [-0.05, 0) is 56.5 Å². The van der Waals surface area contributed by atoms with Crippen LogP contribution < -0.4 is 19.1 Å². The van der Waals surface area contributed by atoms with Crippen molar-refractivity contribution in [2.45, 2.75) is 50.6 Å². The fourth-order valence-corrected chi connectivity index (χ4v) is 5.90. The molecule has 41 heavy (non-hydrogen) atoms. The molecule has 1 heterocycles. The second-order valence-corrected chi connectivity index (χ2v) is 11.8. The summed E-state index contributed by atoms with van der Waals surface area (Å²) in [4.78, 5) is 28.6. The number of rotatable bonds is 12. The molecule has 0 unspecified atom stereocenters.